The van der Waals surface area contributed by atoms with E-state index in [1.807, 2.05) is 6.92 Å². The number of amides is 2. The van der Waals surface area contributed by atoms with Gasteiger partial charge in [0.15, 0.2) is 0 Å². The van der Waals surface area contributed by atoms with Crippen molar-refractivity contribution in [2.45, 2.75) is 44.2 Å². The second kappa shape index (κ2) is 13.1. The van der Waals surface area contributed by atoms with Crippen LogP contribution < -0.4 is 9.62 Å². The summed E-state index contributed by atoms with van der Waals surface area (Å²) < 4.78 is 56.2. The predicted molar refractivity (Wildman–Crippen MR) is 142 cm³/mol. The summed E-state index contributed by atoms with van der Waals surface area (Å²) in [5.41, 5.74) is 0.239. The van der Waals surface area contributed by atoms with Crippen molar-refractivity contribution in [3.63, 3.8) is 0 Å². The highest BCUT2D eigenvalue weighted by atomic mass is 32.2. The smallest absolute Gasteiger partial charge is 0.264 e. The molecule has 1 N–H and O–H groups in total. The van der Waals surface area contributed by atoms with Crippen molar-refractivity contribution >= 4 is 27.5 Å². The SMILES string of the molecule is CCCCNC(=O)C(C)N(Cc1ccc(F)cc1)C(=O)CN(c1ccccc1F)S(=O)(=O)c1ccccc1. The van der Waals surface area contributed by atoms with Crippen LogP contribution in [0.3, 0.4) is 0 Å². The third-order valence-electron chi connectivity index (χ3n) is 5.99. The van der Waals surface area contributed by atoms with Gasteiger partial charge in [-0.05, 0) is 55.3 Å². The summed E-state index contributed by atoms with van der Waals surface area (Å²) in [6.45, 7) is 3.08. The Hall–Kier alpha value is -3.79. The predicted octanol–water partition coefficient (Wildman–Crippen LogP) is 4.49. The fraction of sp³-hybridized carbons (Fsp3) is 0.286. The molecule has 202 valence electrons. The van der Waals surface area contributed by atoms with Crippen LogP contribution in [0, 0.1) is 11.6 Å². The summed E-state index contributed by atoms with van der Waals surface area (Å²) >= 11 is 0. The molecule has 1 atom stereocenters. The van der Waals surface area contributed by atoms with Gasteiger partial charge < -0.3 is 10.2 Å². The van der Waals surface area contributed by atoms with Gasteiger partial charge in [-0.25, -0.2) is 17.2 Å². The van der Waals surface area contributed by atoms with Gasteiger partial charge in [0, 0.05) is 13.1 Å². The Morgan fingerprint density at radius 2 is 1.55 bits per heavy atom. The molecule has 0 spiro atoms. The molecule has 0 aromatic heterocycles. The van der Waals surface area contributed by atoms with Gasteiger partial charge in [0.25, 0.3) is 10.0 Å². The maximum atomic E-state index is 14.9. The summed E-state index contributed by atoms with van der Waals surface area (Å²) in [6.07, 6.45) is 1.61. The normalized spacial score (nSPS) is 12.0. The summed E-state index contributed by atoms with van der Waals surface area (Å²) in [4.78, 5) is 27.7. The van der Waals surface area contributed by atoms with Crippen LogP contribution >= 0.6 is 0 Å². The van der Waals surface area contributed by atoms with E-state index in [1.165, 1.54) is 78.6 Å². The highest BCUT2D eigenvalue weighted by molar-refractivity contribution is 7.92. The number of halogens is 2. The van der Waals surface area contributed by atoms with Gasteiger partial charge in [0.2, 0.25) is 11.8 Å². The fourth-order valence-electron chi connectivity index (χ4n) is 3.79. The Kier molecular flexibility index (Phi) is 9.95. The highest BCUT2D eigenvalue weighted by Crippen LogP contribution is 2.26. The third-order valence-corrected chi connectivity index (χ3v) is 7.77. The number of benzene rings is 3. The molecule has 0 aliphatic rings. The molecule has 0 saturated carbocycles. The molecule has 3 rings (SSSR count). The number of anilines is 1. The van der Waals surface area contributed by atoms with Crippen LogP contribution in [-0.4, -0.2) is 44.3 Å². The largest absolute Gasteiger partial charge is 0.354 e. The standard InChI is InChI=1S/C28H31F2N3O4S/c1-3-4-18-31-28(35)21(2)32(19-22-14-16-23(29)17-15-22)27(34)20-33(26-13-9-8-12-25(26)30)38(36,37)24-10-6-5-7-11-24/h5-17,21H,3-4,18-20H2,1-2H3,(H,31,35). The lowest BCUT2D eigenvalue weighted by molar-refractivity contribution is -0.139. The average molecular weight is 544 g/mol. The molecule has 0 saturated heterocycles. The average Bonchev–Trinajstić information content (AvgIpc) is 2.92. The lowest BCUT2D eigenvalue weighted by atomic mass is 10.1. The third kappa shape index (κ3) is 7.16. The minimum atomic E-state index is -4.35. The summed E-state index contributed by atoms with van der Waals surface area (Å²) in [7, 11) is -4.35. The summed E-state index contributed by atoms with van der Waals surface area (Å²) in [5.74, 6) is -2.43. The molecular weight excluding hydrogens is 512 g/mol. The van der Waals surface area contributed by atoms with Crippen molar-refractivity contribution in [2.75, 3.05) is 17.4 Å². The van der Waals surface area contributed by atoms with Crippen molar-refractivity contribution in [3.05, 3.63) is 96.1 Å². The van der Waals surface area contributed by atoms with Gasteiger partial charge in [-0.2, -0.15) is 0 Å². The number of hydrogen-bond acceptors (Lipinski definition) is 4. The van der Waals surface area contributed by atoms with Gasteiger partial charge in [-0.3, -0.25) is 13.9 Å². The van der Waals surface area contributed by atoms with E-state index < -0.39 is 46.1 Å². The summed E-state index contributed by atoms with van der Waals surface area (Å²) in [6, 6.07) is 17.1. The van der Waals surface area contributed by atoms with Crippen LogP contribution in [0.4, 0.5) is 14.5 Å². The van der Waals surface area contributed by atoms with Gasteiger partial charge >= 0.3 is 0 Å². The zero-order valence-corrected chi connectivity index (χ0v) is 22.1. The van der Waals surface area contributed by atoms with E-state index in [0.717, 1.165) is 18.9 Å². The van der Waals surface area contributed by atoms with E-state index in [9.17, 15) is 26.8 Å². The zero-order chi connectivity index (χ0) is 27.7. The molecular formula is C28H31F2N3O4S. The molecule has 1 unspecified atom stereocenters. The Morgan fingerprint density at radius 3 is 2.18 bits per heavy atom. The van der Waals surface area contributed by atoms with E-state index in [1.54, 1.807) is 6.07 Å². The minimum absolute atomic E-state index is 0.0853. The minimum Gasteiger partial charge on any atom is -0.354 e. The van der Waals surface area contributed by atoms with Crippen molar-refractivity contribution < 1.29 is 26.8 Å². The van der Waals surface area contributed by atoms with Crippen LogP contribution in [0.2, 0.25) is 0 Å². The van der Waals surface area contributed by atoms with Crippen molar-refractivity contribution in [1.29, 1.82) is 0 Å². The first kappa shape index (κ1) is 28.8. The molecule has 0 heterocycles. The zero-order valence-electron chi connectivity index (χ0n) is 21.3. The lowest BCUT2D eigenvalue weighted by Gasteiger charge is -2.32. The Bertz CT molecular complexity index is 1340. The quantitative estimate of drug-likeness (QED) is 0.341. The molecule has 10 heteroatoms. The van der Waals surface area contributed by atoms with Crippen molar-refractivity contribution in [3.8, 4) is 0 Å². The molecule has 3 aromatic carbocycles. The fourth-order valence-corrected chi connectivity index (χ4v) is 5.24. The molecule has 2 amide bonds. The number of nitrogens with zero attached hydrogens (tertiary/aromatic N) is 2. The van der Waals surface area contributed by atoms with Crippen LogP contribution in [-0.2, 0) is 26.2 Å². The monoisotopic (exact) mass is 543 g/mol. The molecule has 7 nitrogen and oxygen atoms in total. The van der Waals surface area contributed by atoms with Crippen molar-refractivity contribution in [1.82, 2.24) is 10.2 Å². The van der Waals surface area contributed by atoms with Crippen LogP contribution in [0.1, 0.15) is 32.3 Å². The second-order valence-corrected chi connectivity index (χ2v) is 10.6. The maximum Gasteiger partial charge on any atom is 0.264 e. The number of rotatable bonds is 12. The number of para-hydroxylation sites is 1. The van der Waals surface area contributed by atoms with Crippen LogP contribution in [0.5, 0.6) is 0 Å². The Balaban J connectivity index is 1.99. The van der Waals surface area contributed by atoms with E-state index in [0.29, 0.717) is 16.4 Å². The van der Waals surface area contributed by atoms with E-state index in [4.69, 9.17) is 0 Å². The second-order valence-electron chi connectivity index (χ2n) is 8.74. The van der Waals surface area contributed by atoms with Gasteiger partial charge in [0.05, 0.1) is 10.6 Å². The first-order valence-corrected chi connectivity index (χ1v) is 13.7. The number of sulfonamides is 1. The van der Waals surface area contributed by atoms with E-state index in [-0.39, 0.29) is 17.1 Å². The molecule has 0 bridgehead atoms. The molecule has 38 heavy (non-hydrogen) atoms. The maximum absolute atomic E-state index is 14.9. The number of unbranched alkanes of at least 4 members (excludes halogenated alkanes) is 1. The number of carbonyl (C=O) groups excluding carboxylic acids is 2. The number of nitrogens with one attached hydrogen (secondary N) is 1. The Labute approximate surface area is 222 Å². The molecule has 0 aliphatic carbocycles. The molecule has 3 aromatic rings. The first-order chi connectivity index (χ1) is 18.1. The van der Waals surface area contributed by atoms with E-state index >= 15 is 0 Å². The first-order valence-electron chi connectivity index (χ1n) is 12.3. The number of hydrogen-bond donors (Lipinski definition) is 1. The van der Waals surface area contributed by atoms with Gasteiger partial charge in [0.1, 0.15) is 24.2 Å². The van der Waals surface area contributed by atoms with Gasteiger partial charge in [-0.15, -0.1) is 0 Å². The van der Waals surface area contributed by atoms with Crippen LogP contribution in [0.25, 0.3) is 0 Å². The topological polar surface area (TPSA) is 86.8 Å². The highest BCUT2D eigenvalue weighted by Gasteiger charge is 2.33. The van der Waals surface area contributed by atoms with Crippen molar-refractivity contribution in [2.24, 2.45) is 0 Å². The Morgan fingerprint density at radius 1 is 0.921 bits per heavy atom. The molecule has 0 fully saturated rings. The number of carbonyl (C=O) groups is 2. The summed E-state index contributed by atoms with van der Waals surface area (Å²) in [5, 5.41) is 2.78. The lowest BCUT2D eigenvalue weighted by Crippen LogP contribution is -2.51. The van der Waals surface area contributed by atoms with Gasteiger partial charge in [-0.1, -0.05) is 55.8 Å². The molecule has 0 aliphatic heterocycles. The molecule has 0 radical (unpaired) electrons. The van der Waals surface area contributed by atoms with Crippen LogP contribution in [0.15, 0.2) is 83.8 Å². The van der Waals surface area contributed by atoms with E-state index in [2.05, 4.69) is 5.32 Å².